The first-order chi connectivity index (χ1) is 6.86. The summed E-state index contributed by atoms with van der Waals surface area (Å²) in [5.41, 5.74) is 1.29. The quantitative estimate of drug-likeness (QED) is 0.629. The third-order valence-corrected chi connectivity index (χ3v) is 2.78. The lowest BCUT2D eigenvalue weighted by molar-refractivity contribution is 0.556. The van der Waals surface area contributed by atoms with Gasteiger partial charge in [-0.2, -0.15) is 5.26 Å². The monoisotopic (exact) mass is 192 g/mol. The summed E-state index contributed by atoms with van der Waals surface area (Å²) in [5, 5.41) is 8.81. The highest BCUT2D eigenvalue weighted by atomic mass is 14.7. The van der Waals surface area contributed by atoms with Crippen LogP contribution in [0.25, 0.3) is 0 Å². The van der Waals surface area contributed by atoms with Crippen LogP contribution in [0.3, 0.4) is 0 Å². The van der Waals surface area contributed by atoms with E-state index in [9.17, 15) is 0 Å². The van der Waals surface area contributed by atoms with Gasteiger partial charge in [-0.3, -0.25) is 4.99 Å². The average Bonchev–Trinajstić information content (AvgIpc) is 2.25. The SMILES string of the molecule is CCCCC/N=C1\CCCC(C#N)C1. The van der Waals surface area contributed by atoms with E-state index in [2.05, 4.69) is 18.0 Å². The van der Waals surface area contributed by atoms with Crippen molar-refractivity contribution in [1.29, 1.82) is 5.26 Å². The van der Waals surface area contributed by atoms with Gasteiger partial charge < -0.3 is 0 Å². The predicted molar refractivity (Wildman–Crippen MR) is 59.4 cm³/mol. The molecule has 14 heavy (non-hydrogen) atoms. The number of nitrogens with zero attached hydrogens (tertiary/aromatic N) is 2. The van der Waals surface area contributed by atoms with Gasteiger partial charge in [-0.25, -0.2) is 0 Å². The lowest BCUT2D eigenvalue weighted by Crippen LogP contribution is -2.14. The fourth-order valence-corrected chi connectivity index (χ4v) is 1.89. The first-order valence-electron chi connectivity index (χ1n) is 5.78. The molecule has 0 aliphatic heterocycles. The van der Waals surface area contributed by atoms with Crippen LogP contribution in [0.1, 0.15) is 51.9 Å². The van der Waals surface area contributed by atoms with E-state index in [1.165, 1.54) is 25.0 Å². The smallest absolute Gasteiger partial charge is 0.0659 e. The molecule has 0 aromatic heterocycles. The van der Waals surface area contributed by atoms with Crippen LogP contribution >= 0.6 is 0 Å². The van der Waals surface area contributed by atoms with Crippen molar-refractivity contribution in [3.05, 3.63) is 0 Å². The minimum Gasteiger partial charge on any atom is -0.294 e. The van der Waals surface area contributed by atoms with Crippen molar-refractivity contribution >= 4 is 5.71 Å². The molecule has 2 heteroatoms. The van der Waals surface area contributed by atoms with E-state index < -0.39 is 0 Å². The zero-order valence-corrected chi connectivity index (χ0v) is 9.13. The van der Waals surface area contributed by atoms with Crippen LogP contribution in [-0.4, -0.2) is 12.3 Å². The average molecular weight is 192 g/mol. The van der Waals surface area contributed by atoms with E-state index in [1.54, 1.807) is 0 Å². The summed E-state index contributed by atoms with van der Waals surface area (Å²) in [7, 11) is 0. The maximum absolute atomic E-state index is 8.81. The Balaban J connectivity index is 2.25. The van der Waals surface area contributed by atoms with Crippen molar-refractivity contribution in [2.45, 2.75) is 51.9 Å². The molecular weight excluding hydrogens is 172 g/mol. The molecule has 0 N–H and O–H groups in total. The van der Waals surface area contributed by atoms with Gasteiger partial charge in [-0.1, -0.05) is 19.8 Å². The highest BCUT2D eigenvalue weighted by molar-refractivity contribution is 5.85. The number of aliphatic imine (C=N–C) groups is 1. The molecule has 1 unspecified atom stereocenters. The van der Waals surface area contributed by atoms with Gasteiger partial charge in [0.25, 0.3) is 0 Å². The zero-order valence-electron chi connectivity index (χ0n) is 9.13. The highest BCUT2D eigenvalue weighted by Crippen LogP contribution is 2.21. The number of unbranched alkanes of at least 4 members (excludes halogenated alkanes) is 2. The molecular formula is C12H20N2. The minimum absolute atomic E-state index is 0.244. The second kappa shape index (κ2) is 6.59. The normalized spacial score (nSPS) is 24.9. The fourth-order valence-electron chi connectivity index (χ4n) is 1.89. The van der Waals surface area contributed by atoms with Gasteiger partial charge in [-0.05, 0) is 25.7 Å². The maximum atomic E-state index is 8.81. The topological polar surface area (TPSA) is 36.1 Å². The van der Waals surface area contributed by atoms with Crippen molar-refractivity contribution < 1.29 is 0 Å². The summed E-state index contributed by atoms with van der Waals surface area (Å²) in [6.45, 7) is 3.18. The van der Waals surface area contributed by atoms with E-state index in [1.807, 2.05) is 0 Å². The van der Waals surface area contributed by atoms with Crippen LogP contribution in [0.2, 0.25) is 0 Å². The summed E-state index contributed by atoms with van der Waals surface area (Å²) in [6, 6.07) is 2.35. The predicted octanol–water partition coefficient (Wildman–Crippen LogP) is 3.33. The van der Waals surface area contributed by atoms with E-state index in [-0.39, 0.29) is 5.92 Å². The Morgan fingerprint density at radius 3 is 3.07 bits per heavy atom. The molecule has 1 aliphatic carbocycles. The Bertz CT molecular complexity index is 225. The number of hydrogen-bond donors (Lipinski definition) is 0. The fraction of sp³-hybridized carbons (Fsp3) is 0.833. The first kappa shape index (κ1) is 11.2. The first-order valence-corrected chi connectivity index (χ1v) is 5.78. The highest BCUT2D eigenvalue weighted by Gasteiger charge is 2.16. The summed E-state index contributed by atoms with van der Waals surface area (Å²) in [5.74, 6) is 0.244. The molecule has 0 amide bonds. The summed E-state index contributed by atoms with van der Waals surface area (Å²) < 4.78 is 0. The minimum atomic E-state index is 0.244. The van der Waals surface area contributed by atoms with E-state index in [4.69, 9.17) is 5.26 Å². The molecule has 1 atom stereocenters. The molecule has 0 aromatic carbocycles. The summed E-state index contributed by atoms with van der Waals surface area (Å²) in [4.78, 5) is 4.58. The van der Waals surface area contributed by atoms with Gasteiger partial charge in [0.1, 0.15) is 0 Å². The van der Waals surface area contributed by atoms with E-state index >= 15 is 0 Å². The van der Waals surface area contributed by atoms with Gasteiger partial charge >= 0.3 is 0 Å². The van der Waals surface area contributed by atoms with Crippen LogP contribution in [0.5, 0.6) is 0 Å². The van der Waals surface area contributed by atoms with Crippen molar-refractivity contribution in [2.75, 3.05) is 6.54 Å². The van der Waals surface area contributed by atoms with Gasteiger partial charge in [0.2, 0.25) is 0 Å². The third-order valence-electron chi connectivity index (χ3n) is 2.78. The standard InChI is InChI=1S/C12H20N2/c1-2-3-4-8-14-12-7-5-6-11(9-12)10-13/h11H,2-9H2,1H3/b14-12+. The molecule has 0 spiro atoms. The van der Waals surface area contributed by atoms with E-state index in [0.29, 0.717) is 0 Å². The number of hydrogen-bond acceptors (Lipinski definition) is 2. The largest absolute Gasteiger partial charge is 0.294 e. The molecule has 0 aromatic rings. The lowest BCUT2D eigenvalue weighted by atomic mass is 9.89. The van der Waals surface area contributed by atoms with Crippen molar-refractivity contribution in [3.8, 4) is 6.07 Å². The third kappa shape index (κ3) is 3.91. The van der Waals surface area contributed by atoms with Gasteiger partial charge in [0.15, 0.2) is 0 Å². The van der Waals surface area contributed by atoms with Crippen LogP contribution in [-0.2, 0) is 0 Å². The van der Waals surface area contributed by atoms with Crippen LogP contribution in [0.15, 0.2) is 4.99 Å². The number of nitriles is 1. The van der Waals surface area contributed by atoms with Crippen LogP contribution in [0, 0.1) is 17.2 Å². The molecule has 2 nitrogen and oxygen atoms in total. The van der Waals surface area contributed by atoms with Gasteiger partial charge in [0.05, 0.1) is 12.0 Å². The molecule has 1 rings (SSSR count). The van der Waals surface area contributed by atoms with Crippen molar-refractivity contribution in [2.24, 2.45) is 10.9 Å². The zero-order chi connectivity index (χ0) is 10.2. The Labute approximate surface area is 87.0 Å². The second-order valence-corrected chi connectivity index (χ2v) is 4.08. The van der Waals surface area contributed by atoms with Crippen molar-refractivity contribution in [3.63, 3.8) is 0 Å². The maximum Gasteiger partial charge on any atom is 0.0659 e. The Kier molecular flexibility index (Phi) is 5.29. The van der Waals surface area contributed by atoms with Crippen LogP contribution < -0.4 is 0 Å². The summed E-state index contributed by atoms with van der Waals surface area (Å²) >= 11 is 0. The molecule has 0 bridgehead atoms. The molecule has 78 valence electrons. The van der Waals surface area contributed by atoms with Crippen molar-refractivity contribution in [1.82, 2.24) is 0 Å². The molecule has 0 radical (unpaired) electrons. The molecule has 0 saturated heterocycles. The number of rotatable bonds is 4. The molecule has 1 fully saturated rings. The van der Waals surface area contributed by atoms with Crippen LogP contribution in [0.4, 0.5) is 0 Å². The Morgan fingerprint density at radius 2 is 2.36 bits per heavy atom. The summed E-state index contributed by atoms with van der Waals surface area (Å²) in [6.07, 6.45) is 8.03. The van der Waals surface area contributed by atoms with Gasteiger partial charge in [0, 0.05) is 18.7 Å². The molecule has 0 heterocycles. The Hall–Kier alpha value is -0.840. The molecule has 1 saturated carbocycles. The second-order valence-electron chi connectivity index (χ2n) is 4.08. The van der Waals surface area contributed by atoms with E-state index in [0.717, 1.165) is 32.2 Å². The Morgan fingerprint density at radius 1 is 1.50 bits per heavy atom. The molecule has 1 aliphatic rings. The lowest BCUT2D eigenvalue weighted by Gasteiger charge is -2.17. The van der Waals surface area contributed by atoms with Gasteiger partial charge in [-0.15, -0.1) is 0 Å².